The lowest BCUT2D eigenvalue weighted by atomic mass is 9.82. The molecule has 0 aromatic heterocycles. The topological polar surface area (TPSA) is 14.1 Å². The standard InChI is InChI=1S/C28H24Cl2NS/c1-28(2,3)21-16-23(19-10-6-4-7-11-19)27(24(17-21)20-12-8-5-9-13-20)31-32-26-15-14-22(29)18-25(26)30/h4-18H,1-3H3. The minimum absolute atomic E-state index is 0.00177. The Labute approximate surface area is 204 Å². The molecule has 0 bridgehead atoms. The van der Waals surface area contributed by atoms with Gasteiger partial charge in [-0.05, 0) is 52.4 Å². The first-order chi connectivity index (χ1) is 15.3. The van der Waals surface area contributed by atoms with Crippen LogP contribution in [0.4, 0.5) is 5.69 Å². The molecule has 1 radical (unpaired) electrons. The summed E-state index contributed by atoms with van der Waals surface area (Å²) < 4.78 is 5.03. The van der Waals surface area contributed by atoms with Gasteiger partial charge in [0, 0.05) is 33.0 Å². The lowest BCUT2D eigenvalue weighted by molar-refractivity contribution is 0.591. The Bertz CT molecular complexity index is 1150. The number of halogens is 2. The van der Waals surface area contributed by atoms with Crippen LogP contribution < -0.4 is 4.72 Å². The van der Waals surface area contributed by atoms with Crippen molar-refractivity contribution in [2.75, 3.05) is 0 Å². The summed E-state index contributed by atoms with van der Waals surface area (Å²) in [7, 11) is 0. The van der Waals surface area contributed by atoms with Gasteiger partial charge in [0.15, 0.2) is 0 Å². The van der Waals surface area contributed by atoms with Crippen molar-refractivity contribution in [2.45, 2.75) is 31.1 Å². The van der Waals surface area contributed by atoms with E-state index in [1.807, 2.05) is 24.3 Å². The fraction of sp³-hybridized carbons (Fsp3) is 0.143. The summed E-state index contributed by atoms with van der Waals surface area (Å²) in [5.74, 6) is 0. The highest BCUT2D eigenvalue weighted by Gasteiger charge is 2.22. The molecule has 4 aromatic carbocycles. The van der Waals surface area contributed by atoms with Gasteiger partial charge in [-0.2, -0.15) is 0 Å². The molecule has 0 aliphatic rings. The van der Waals surface area contributed by atoms with Crippen molar-refractivity contribution in [3.63, 3.8) is 0 Å². The van der Waals surface area contributed by atoms with E-state index in [-0.39, 0.29) is 5.41 Å². The normalized spacial score (nSPS) is 11.4. The Morgan fingerprint density at radius 2 is 1.22 bits per heavy atom. The SMILES string of the molecule is CC(C)(C)c1cc(-c2ccccc2)c([N]Sc2ccc(Cl)cc2Cl)c(-c2ccccc2)c1. The average molecular weight is 477 g/mol. The van der Waals surface area contributed by atoms with Crippen molar-refractivity contribution in [1.29, 1.82) is 0 Å². The predicted molar refractivity (Wildman–Crippen MR) is 140 cm³/mol. The highest BCUT2D eigenvalue weighted by molar-refractivity contribution is 7.97. The highest BCUT2D eigenvalue weighted by atomic mass is 35.5. The van der Waals surface area contributed by atoms with Crippen LogP contribution in [0.2, 0.25) is 10.0 Å². The van der Waals surface area contributed by atoms with E-state index in [2.05, 4.69) is 81.4 Å². The van der Waals surface area contributed by atoms with Crippen molar-refractivity contribution >= 4 is 40.8 Å². The molecule has 0 aliphatic carbocycles. The van der Waals surface area contributed by atoms with E-state index in [1.54, 1.807) is 6.07 Å². The molecule has 0 saturated carbocycles. The summed E-state index contributed by atoms with van der Waals surface area (Å²) in [5.41, 5.74) is 6.69. The molecular formula is C28H24Cl2NS. The first kappa shape index (κ1) is 22.8. The fourth-order valence-electron chi connectivity index (χ4n) is 3.49. The molecule has 0 N–H and O–H groups in total. The van der Waals surface area contributed by atoms with Gasteiger partial charge in [-0.15, -0.1) is 0 Å². The van der Waals surface area contributed by atoms with E-state index in [1.165, 1.54) is 17.5 Å². The minimum atomic E-state index is -0.00177. The Morgan fingerprint density at radius 3 is 1.69 bits per heavy atom. The smallest absolute Gasteiger partial charge is 0.0874 e. The van der Waals surface area contributed by atoms with Crippen molar-refractivity contribution in [3.8, 4) is 22.3 Å². The number of nitrogens with zero attached hydrogens (tertiary/aromatic N) is 1. The molecule has 0 unspecified atom stereocenters. The Kier molecular flexibility index (Phi) is 6.85. The van der Waals surface area contributed by atoms with Crippen LogP contribution in [0.25, 0.3) is 22.3 Å². The molecular weight excluding hydrogens is 453 g/mol. The fourth-order valence-corrected chi connectivity index (χ4v) is 4.66. The van der Waals surface area contributed by atoms with Gasteiger partial charge in [0.05, 0.1) is 10.7 Å². The predicted octanol–water partition coefficient (Wildman–Crippen LogP) is 9.57. The number of benzene rings is 4. The molecule has 4 aromatic rings. The molecule has 4 heteroatoms. The zero-order valence-electron chi connectivity index (χ0n) is 18.3. The third kappa shape index (κ3) is 5.15. The van der Waals surface area contributed by atoms with Crippen molar-refractivity contribution in [2.24, 2.45) is 0 Å². The third-order valence-electron chi connectivity index (χ3n) is 5.27. The van der Waals surface area contributed by atoms with Crippen LogP contribution in [0, 0.1) is 0 Å². The van der Waals surface area contributed by atoms with E-state index in [0.29, 0.717) is 10.0 Å². The quantitative estimate of drug-likeness (QED) is 0.261. The highest BCUT2D eigenvalue weighted by Crippen LogP contribution is 2.43. The molecule has 0 amide bonds. The van der Waals surface area contributed by atoms with E-state index in [9.17, 15) is 0 Å². The Morgan fingerprint density at radius 1 is 0.688 bits per heavy atom. The van der Waals surface area contributed by atoms with E-state index in [0.717, 1.165) is 32.8 Å². The molecule has 0 saturated heterocycles. The summed E-state index contributed by atoms with van der Waals surface area (Å²) in [6.07, 6.45) is 0. The first-order valence-corrected chi connectivity index (χ1v) is 12.0. The zero-order valence-corrected chi connectivity index (χ0v) is 20.6. The van der Waals surface area contributed by atoms with Gasteiger partial charge >= 0.3 is 0 Å². The summed E-state index contributed by atoms with van der Waals surface area (Å²) in [5, 5.41) is 1.21. The van der Waals surface area contributed by atoms with Gasteiger partial charge in [0.1, 0.15) is 0 Å². The van der Waals surface area contributed by atoms with Crippen LogP contribution in [0.5, 0.6) is 0 Å². The van der Waals surface area contributed by atoms with Crippen LogP contribution >= 0.6 is 35.1 Å². The lowest BCUT2D eigenvalue weighted by Crippen LogP contribution is -2.12. The second kappa shape index (κ2) is 9.62. The van der Waals surface area contributed by atoms with E-state index < -0.39 is 0 Å². The first-order valence-electron chi connectivity index (χ1n) is 10.5. The molecule has 1 nitrogen and oxygen atoms in total. The second-order valence-corrected chi connectivity index (χ2v) is 10.3. The molecule has 4 rings (SSSR count). The van der Waals surface area contributed by atoms with Crippen molar-refractivity contribution in [1.82, 2.24) is 4.72 Å². The lowest BCUT2D eigenvalue weighted by Gasteiger charge is -2.24. The molecule has 0 aliphatic heterocycles. The number of hydrogen-bond donors (Lipinski definition) is 0. The zero-order chi connectivity index (χ0) is 22.7. The van der Waals surface area contributed by atoms with Gasteiger partial charge in [-0.1, -0.05) is 105 Å². The molecule has 32 heavy (non-hydrogen) atoms. The van der Waals surface area contributed by atoms with Crippen LogP contribution in [0.15, 0.2) is 95.9 Å². The van der Waals surface area contributed by atoms with Gasteiger partial charge in [0.25, 0.3) is 0 Å². The summed E-state index contributed by atoms with van der Waals surface area (Å²) in [6.45, 7) is 6.72. The summed E-state index contributed by atoms with van der Waals surface area (Å²) in [4.78, 5) is 0.869. The van der Waals surface area contributed by atoms with Crippen LogP contribution in [0.1, 0.15) is 26.3 Å². The van der Waals surface area contributed by atoms with Gasteiger partial charge in [-0.25, -0.2) is 4.72 Å². The Balaban J connectivity index is 1.90. The Hall–Kier alpha value is -2.39. The van der Waals surface area contributed by atoms with Crippen molar-refractivity contribution < 1.29 is 0 Å². The molecule has 0 fully saturated rings. The number of hydrogen-bond acceptors (Lipinski definition) is 1. The maximum absolute atomic E-state index is 6.43. The largest absolute Gasteiger partial charge is 0.210 e. The monoisotopic (exact) mass is 476 g/mol. The van der Waals surface area contributed by atoms with Gasteiger partial charge < -0.3 is 0 Å². The minimum Gasteiger partial charge on any atom is -0.210 e. The van der Waals surface area contributed by atoms with Gasteiger partial charge in [-0.3, -0.25) is 0 Å². The van der Waals surface area contributed by atoms with E-state index in [4.69, 9.17) is 27.9 Å². The molecule has 0 heterocycles. The van der Waals surface area contributed by atoms with Crippen LogP contribution in [-0.2, 0) is 5.41 Å². The maximum atomic E-state index is 6.43. The summed E-state index contributed by atoms with van der Waals surface area (Å²) in [6, 6.07) is 30.9. The van der Waals surface area contributed by atoms with Crippen molar-refractivity contribution in [3.05, 3.63) is 107 Å². The van der Waals surface area contributed by atoms with Gasteiger partial charge in [0.2, 0.25) is 0 Å². The summed E-state index contributed by atoms with van der Waals surface area (Å²) >= 11 is 13.9. The van der Waals surface area contributed by atoms with Crippen LogP contribution in [0.3, 0.4) is 0 Å². The number of rotatable bonds is 5. The van der Waals surface area contributed by atoms with E-state index >= 15 is 0 Å². The molecule has 0 atom stereocenters. The molecule has 0 spiro atoms. The molecule has 161 valence electrons. The third-order valence-corrected chi connectivity index (χ3v) is 6.76. The second-order valence-electron chi connectivity index (χ2n) is 8.66. The van der Waals surface area contributed by atoms with Crippen LogP contribution in [-0.4, -0.2) is 0 Å². The maximum Gasteiger partial charge on any atom is 0.0874 e. The average Bonchev–Trinajstić information content (AvgIpc) is 2.78.